The van der Waals surface area contributed by atoms with Gasteiger partial charge in [-0.05, 0) is 32.9 Å². The van der Waals surface area contributed by atoms with E-state index in [0.717, 1.165) is 11.3 Å². The Labute approximate surface area is 138 Å². The van der Waals surface area contributed by atoms with Gasteiger partial charge in [-0.2, -0.15) is 0 Å². The molecule has 0 aliphatic rings. The Balaban J connectivity index is 2.25. The maximum Gasteiger partial charge on any atom is 0.307 e. The Bertz CT molecular complexity index is 764. The van der Waals surface area contributed by atoms with Crippen molar-refractivity contribution in [3.05, 3.63) is 38.4 Å². The summed E-state index contributed by atoms with van der Waals surface area (Å²) in [5.74, 6) is 0.898. The van der Waals surface area contributed by atoms with Gasteiger partial charge in [0.15, 0.2) is 11.5 Å². The van der Waals surface area contributed by atoms with Gasteiger partial charge >= 0.3 is 4.87 Å². The molecule has 6 nitrogen and oxygen atoms in total. The van der Waals surface area contributed by atoms with Crippen LogP contribution in [0.25, 0.3) is 0 Å². The van der Waals surface area contributed by atoms with Gasteiger partial charge in [-0.1, -0.05) is 11.3 Å². The minimum absolute atomic E-state index is 0.158. The average molecular weight is 336 g/mol. The number of nitrogens with one attached hydrogen (secondary N) is 1. The second kappa shape index (κ2) is 7.32. The van der Waals surface area contributed by atoms with Gasteiger partial charge in [0.25, 0.3) is 5.91 Å². The van der Waals surface area contributed by atoms with Crippen LogP contribution in [0, 0.1) is 6.92 Å². The summed E-state index contributed by atoms with van der Waals surface area (Å²) in [6.07, 6.45) is 0. The molecule has 0 atom stereocenters. The van der Waals surface area contributed by atoms with E-state index in [2.05, 4.69) is 5.32 Å². The van der Waals surface area contributed by atoms with E-state index in [9.17, 15) is 9.59 Å². The number of carbonyl (C=O) groups excluding carboxylic acids is 1. The molecule has 2 aromatic rings. The van der Waals surface area contributed by atoms with Crippen molar-refractivity contribution in [2.75, 3.05) is 18.5 Å². The Morgan fingerprint density at radius 2 is 1.87 bits per heavy atom. The van der Waals surface area contributed by atoms with Crippen LogP contribution in [0.2, 0.25) is 0 Å². The topological polar surface area (TPSA) is 69.6 Å². The molecule has 0 saturated heterocycles. The van der Waals surface area contributed by atoms with Crippen LogP contribution in [0.4, 0.5) is 5.69 Å². The predicted octanol–water partition coefficient (Wildman–Crippen LogP) is 2.80. The summed E-state index contributed by atoms with van der Waals surface area (Å²) in [4.78, 5) is 24.2. The van der Waals surface area contributed by atoms with Gasteiger partial charge in [-0.25, -0.2) is 0 Å². The molecule has 0 radical (unpaired) electrons. The molecular weight excluding hydrogens is 316 g/mol. The highest BCUT2D eigenvalue weighted by Crippen LogP contribution is 2.31. The lowest BCUT2D eigenvalue weighted by molar-refractivity contribution is 0.102. The van der Waals surface area contributed by atoms with Gasteiger partial charge < -0.3 is 19.4 Å². The van der Waals surface area contributed by atoms with Gasteiger partial charge in [0.1, 0.15) is 4.88 Å². The fourth-order valence-electron chi connectivity index (χ4n) is 2.05. The van der Waals surface area contributed by atoms with Crippen molar-refractivity contribution in [1.29, 1.82) is 0 Å². The molecule has 1 amide bonds. The van der Waals surface area contributed by atoms with E-state index in [-0.39, 0.29) is 10.8 Å². The number of hydrogen-bond donors (Lipinski definition) is 1. The number of ether oxygens (including phenoxy) is 2. The summed E-state index contributed by atoms with van der Waals surface area (Å²) >= 11 is 0.933. The molecule has 0 spiro atoms. The van der Waals surface area contributed by atoms with Crippen LogP contribution in [0.5, 0.6) is 11.5 Å². The zero-order valence-corrected chi connectivity index (χ0v) is 14.5. The second-order valence-corrected chi connectivity index (χ2v) is 5.78. The van der Waals surface area contributed by atoms with E-state index in [0.29, 0.717) is 41.0 Å². The Kier molecular flexibility index (Phi) is 5.44. The number of aromatic nitrogens is 1. The van der Waals surface area contributed by atoms with Crippen LogP contribution >= 0.6 is 11.3 Å². The molecule has 0 unspecified atom stereocenters. The van der Waals surface area contributed by atoms with Crippen molar-refractivity contribution in [2.45, 2.75) is 20.8 Å². The first-order chi connectivity index (χ1) is 11.0. The third-order valence-corrected chi connectivity index (χ3v) is 4.44. The molecule has 23 heavy (non-hydrogen) atoms. The standard InChI is InChI=1S/C16H20N2O4S/c1-5-21-12-8-7-11(9-13(12)22-6-2)17-15(19)14-10(3)18(4)16(20)23-14/h7-9H,5-6H2,1-4H3,(H,17,19). The molecule has 0 aliphatic carbocycles. The number of thiazole rings is 1. The van der Waals surface area contributed by atoms with Gasteiger partial charge in [-0.3, -0.25) is 9.59 Å². The second-order valence-electron chi connectivity index (χ2n) is 4.82. The largest absolute Gasteiger partial charge is 0.490 e. The summed E-state index contributed by atoms with van der Waals surface area (Å²) in [6, 6.07) is 5.21. The molecule has 0 aliphatic heterocycles. The number of rotatable bonds is 6. The van der Waals surface area contributed by atoms with E-state index in [1.807, 2.05) is 13.8 Å². The number of benzene rings is 1. The van der Waals surface area contributed by atoms with E-state index in [1.54, 1.807) is 32.2 Å². The molecule has 1 heterocycles. The van der Waals surface area contributed by atoms with Crippen LogP contribution in [0.15, 0.2) is 23.0 Å². The van der Waals surface area contributed by atoms with E-state index in [1.165, 1.54) is 4.57 Å². The SMILES string of the molecule is CCOc1ccc(NC(=O)c2sc(=O)n(C)c2C)cc1OCC. The molecular formula is C16H20N2O4S. The van der Waals surface area contributed by atoms with Crippen LogP contribution in [-0.2, 0) is 7.05 Å². The van der Waals surface area contributed by atoms with E-state index < -0.39 is 0 Å². The molecule has 0 saturated carbocycles. The van der Waals surface area contributed by atoms with Crippen molar-refractivity contribution in [3.8, 4) is 11.5 Å². The first-order valence-corrected chi connectivity index (χ1v) is 8.17. The summed E-state index contributed by atoms with van der Waals surface area (Å²) in [5.41, 5.74) is 1.23. The molecule has 0 bridgehead atoms. The molecule has 124 valence electrons. The number of hydrogen-bond acceptors (Lipinski definition) is 5. The van der Waals surface area contributed by atoms with E-state index in [4.69, 9.17) is 9.47 Å². The zero-order valence-electron chi connectivity index (χ0n) is 13.6. The first-order valence-electron chi connectivity index (χ1n) is 7.35. The Hall–Kier alpha value is -2.28. The highest BCUT2D eigenvalue weighted by molar-refractivity contribution is 7.11. The summed E-state index contributed by atoms with van der Waals surface area (Å²) in [5, 5.41) is 2.79. The van der Waals surface area contributed by atoms with Gasteiger partial charge in [0.05, 0.1) is 13.2 Å². The monoisotopic (exact) mass is 336 g/mol. The lowest BCUT2D eigenvalue weighted by atomic mass is 10.2. The predicted molar refractivity (Wildman–Crippen MR) is 91.0 cm³/mol. The van der Waals surface area contributed by atoms with Crippen molar-refractivity contribution in [3.63, 3.8) is 0 Å². The van der Waals surface area contributed by atoms with Crippen molar-refractivity contribution in [2.24, 2.45) is 7.05 Å². The van der Waals surface area contributed by atoms with Crippen molar-refractivity contribution in [1.82, 2.24) is 4.57 Å². The fourth-order valence-corrected chi connectivity index (χ4v) is 2.92. The molecule has 0 fully saturated rings. The molecule has 7 heteroatoms. The summed E-state index contributed by atoms with van der Waals surface area (Å²) < 4.78 is 12.5. The van der Waals surface area contributed by atoms with Crippen LogP contribution in [-0.4, -0.2) is 23.7 Å². The van der Waals surface area contributed by atoms with Crippen molar-refractivity contribution < 1.29 is 14.3 Å². The van der Waals surface area contributed by atoms with Crippen LogP contribution in [0.3, 0.4) is 0 Å². The number of carbonyl (C=O) groups is 1. The fraction of sp³-hybridized carbons (Fsp3) is 0.375. The minimum atomic E-state index is -0.309. The average Bonchev–Trinajstić information content (AvgIpc) is 2.78. The Morgan fingerprint density at radius 3 is 2.43 bits per heavy atom. The minimum Gasteiger partial charge on any atom is -0.490 e. The summed E-state index contributed by atoms with van der Waals surface area (Å²) in [7, 11) is 1.65. The summed E-state index contributed by atoms with van der Waals surface area (Å²) in [6.45, 7) is 6.55. The Morgan fingerprint density at radius 1 is 1.22 bits per heavy atom. The highest BCUT2D eigenvalue weighted by Gasteiger charge is 2.16. The molecule has 1 aromatic carbocycles. The molecule has 2 rings (SSSR count). The number of nitrogens with zero attached hydrogens (tertiary/aromatic N) is 1. The van der Waals surface area contributed by atoms with Crippen LogP contribution < -0.4 is 19.7 Å². The third kappa shape index (κ3) is 3.73. The lowest BCUT2D eigenvalue weighted by Gasteiger charge is -2.13. The normalized spacial score (nSPS) is 10.4. The quantitative estimate of drug-likeness (QED) is 0.881. The highest BCUT2D eigenvalue weighted by atomic mass is 32.1. The number of amides is 1. The molecule has 1 aromatic heterocycles. The lowest BCUT2D eigenvalue weighted by Crippen LogP contribution is -2.13. The zero-order chi connectivity index (χ0) is 17.0. The van der Waals surface area contributed by atoms with E-state index >= 15 is 0 Å². The van der Waals surface area contributed by atoms with Crippen LogP contribution in [0.1, 0.15) is 29.2 Å². The molecule has 1 N–H and O–H groups in total. The smallest absolute Gasteiger partial charge is 0.307 e. The van der Waals surface area contributed by atoms with Gasteiger partial charge in [-0.15, -0.1) is 0 Å². The maximum absolute atomic E-state index is 12.4. The third-order valence-electron chi connectivity index (χ3n) is 3.30. The maximum atomic E-state index is 12.4. The van der Waals surface area contributed by atoms with Gasteiger partial charge in [0.2, 0.25) is 0 Å². The van der Waals surface area contributed by atoms with Crippen molar-refractivity contribution >= 4 is 22.9 Å². The number of anilines is 1. The van der Waals surface area contributed by atoms with Gasteiger partial charge in [0, 0.05) is 24.5 Å². The first kappa shape index (κ1) is 17.1.